The third kappa shape index (κ3) is 7.12. The molecule has 0 unspecified atom stereocenters. The molecule has 0 aliphatic rings. The van der Waals surface area contributed by atoms with Gasteiger partial charge in [0, 0.05) is 13.0 Å². The van der Waals surface area contributed by atoms with Crippen molar-refractivity contribution in [2.24, 2.45) is 5.92 Å². The van der Waals surface area contributed by atoms with Crippen LogP contribution in [0.15, 0.2) is 54.6 Å². The van der Waals surface area contributed by atoms with Gasteiger partial charge in [0.15, 0.2) is 5.69 Å². The number of aromatic nitrogens is 2. The topological polar surface area (TPSA) is 121 Å². The molecule has 0 saturated carbocycles. The summed E-state index contributed by atoms with van der Waals surface area (Å²) in [5.74, 6) is -0.250. The Morgan fingerprint density at radius 3 is 2.18 bits per heavy atom. The standard InChI is InChI=1S/C28H34N4O6/c1-18(2)17-32-22(26-23(36-3)12-9-13-24(26)37-4)15-21(31-32)28(35)30-20(14-19-10-7-6-8-11-19)27(34)29-16-25(33)38-5/h6-13,15,18,20H,14,16-17H2,1-5H3,(H,29,34)(H,30,35)/t20-/m0/s1. The number of rotatable bonds is 12. The van der Waals surface area contributed by atoms with Crippen LogP contribution >= 0.6 is 0 Å². The summed E-state index contributed by atoms with van der Waals surface area (Å²) in [5, 5.41) is 9.88. The van der Waals surface area contributed by atoms with Gasteiger partial charge in [-0.05, 0) is 29.7 Å². The predicted octanol–water partition coefficient (Wildman–Crippen LogP) is 2.85. The first-order chi connectivity index (χ1) is 18.3. The van der Waals surface area contributed by atoms with Gasteiger partial charge in [0.05, 0.1) is 32.6 Å². The summed E-state index contributed by atoms with van der Waals surface area (Å²) in [6.45, 7) is 4.33. The lowest BCUT2D eigenvalue weighted by Crippen LogP contribution is -2.49. The van der Waals surface area contributed by atoms with Crippen LogP contribution in [0.25, 0.3) is 11.3 Å². The van der Waals surface area contributed by atoms with Crippen LogP contribution in [0.3, 0.4) is 0 Å². The number of carbonyl (C=O) groups excluding carboxylic acids is 3. The molecule has 1 heterocycles. The Kier molecular flexibility index (Phi) is 9.86. The average molecular weight is 523 g/mol. The molecule has 1 aromatic heterocycles. The molecule has 10 nitrogen and oxygen atoms in total. The molecule has 10 heteroatoms. The molecule has 1 atom stereocenters. The van der Waals surface area contributed by atoms with E-state index in [1.165, 1.54) is 7.11 Å². The minimum Gasteiger partial charge on any atom is -0.496 e. The summed E-state index contributed by atoms with van der Waals surface area (Å²) < 4.78 is 17.5. The van der Waals surface area contributed by atoms with Gasteiger partial charge in [-0.15, -0.1) is 0 Å². The first-order valence-electron chi connectivity index (χ1n) is 12.3. The van der Waals surface area contributed by atoms with Crippen molar-refractivity contribution in [3.05, 3.63) is 65.9 Å². The fraction of sp³-hybridized carbons (Fsp3) is 0.357. The van der Waals surface area contributed by atoms with Gasteiger partial charge in [-0.1, -0.05) is 50.2 Å². The van der Waals surface area contributed by atoms with E-state index >= 15 is 0 Å². The smallest absolute Gasteiger partial charge is 0.325 e. The SMILES string of the molecule is COC(=O)CNC(=O)[C@H](Cc1ccccc1)NC(=O)c1cc(-c2c(OC)cccc2OC)n(CC(C)C)n1. The Hall–Kier alpha value is -4.34. The number of nitrogens with one attached hydrogen (secondary N) is 2. The van der Waals surface area contributed by atoms with Crippen molar-refractivity contribution in [1.29, 1.82) is 0 Å². The number of hydrogen-bond donors (Lipinski definition) is 2. The van der Waals surface area contributed by atoms with Gasteiger partial charge in [0.25, 0.3) is 5.91 Å². The third-order valence-corrected chi connectivity index (χ3v) is 5.77. The Bertz CT molecular complexity index is 1230. The summed E-state index contributed by atoms with van der Waals surface area (Å²) in [4.78, 5) is 37.9. The molecular formula is C28H34N4O6. The molecule has 0 aliphatic heterocycles. The Labute approximate surface area is 222 Å². The molecule has 2 N–H and O–H groups in total. The number of esters is 1. The predicted molar refractivity (Wildman–Crippen MR) is 142 cm³/mol. The fourth-order valence-electron chi connectivity index (χ4n) is 3.96. The van der Waals surface area contributed by atoms with E-state index in [0.717, 1.165) is 5.56 Å². The average Bonchev–Trinajstić information content (AvgIpc) is 3.33. The maximum Gasteiger partial charge on any atom is 0.325 e. The second kappa shape index (κ2) is 13.3. The number of ether oxygens (including phenoxy) is 3. The van der Waals surface area contributed by atoms with Crippen molar-refractivity contribution < 1.29 is 28.6 Å². The van der Waals surface area contributed by atoms with Gasteiger partial charge in [-0.3, -0.25) is 19.1 Å². The molecule has 3 rings (SSSR count). The first kappa shape index (κ1) is 28.2. The monoisotopic (exact) mass is 522 g/mol. The van der Waals surface area contributed by atoms with Crippen LogP contribution in [0.2, 0.25) is 0 Å². The highest BCUT2D eigenvalue weighted by atomic mass is 16.5. The van der Waals surface area contributed by atoms with Crippen LogP contribution in [-0.4, -0.2) is 61.5 Å². The molecule has 0 bridgehead atoms. The number of carbonyl (C=O) groups is 3. The maximum absolute atomic E-state index is 13.4. The number of amides is 2. The highest BCUT2D eigenvalue weighted by Gasteiger charge is 2.26. The number of nitrogens with zero attached hydrogens (tertiary/aromatic N) is 2. The largest absolute Gasteiger partial charge is 0.496 e. The van der Waals surface area contributed by atoms with Crippen LogP contribution in [0.5, 0.6) is 11.5 Å². The Morgan fingerprint density at radius 1 is 0.947 bits per heavy atom. The highest BCUT2D eigenvalue weighted by Crippen LogP contribution is 2.38. The van der Waals surface area contributed by atoms with Crippen LogP contribution in [0, 0.1) is 5.92 Å². The third-order valence-electron chi connectivity index (χ3n) is 5.77. The normalized spacial score (nSPS) is 11.5. The minimum absolute atomic E-state index is 0.132. The molecule has 3 aromatic rings. The van der Waals surface area contributed by atoms with Gasteiger partial charge >= 0.3 is 5.97 Å². The minimum atomic E-state index is -0.950. The van der Waals surface area contributed by atoms with Crippen molar-refractivity contribution in [2.45, 2.75) is 32.9 Å². The van der Waals surface area contributed by atoms with Gasteiger partial charge in [-0.25, -0.2) is 0 Å². The van der Waals surface area contributed by atoms with Crippen molar-refractivity contribution in [3.8, 4) is 22.8 Å². The summed E-state index contributed by atoms with van der Waals surface area (Å²) in [6, 6.07) is 15.4. The molecule has 2 amide bonds. The van der Waals surface area contributed by atoms with E-state index in [-0.39, 0.29) is 24.6 Å². The van der Waals surface area contributed by atoms with Crippen LogP contribution in [-0.2, 0) is 27.3 Å². The lowest BCUT2D eigenvalue weighted by molar-refractivity contribution is -0.141. The molecule has 0 radical (unpaired) electrons. The molecule has 0 saturated heterocycles. The van der Waals surface area contributed by atoms with Crippen LogP contribution < -0.4 is 20.1 Å². The van der Waals surface area contributed by atoms with E-state index < -0.39 is 23.8 Å². The second-order valence-electron chi connectivity index (χ2n) is 9.04. The van der Waals surface area contributed by atoms with Crippen molar-refractivity contribution in [3.63, 3.8) is 0 Å². The first-order valence-corrected chi connectivity index (χ1v) is 12.3. The van der Waals surface area contributed by atoms with E-state index in [2.05, 4.69) is 20.5 Å². The van der Waals surface area contributed by atoms with E-state index in [9.17, 15) is 14.4 Å². The number of hydrogen-bond acceptors (Lipinski definition) is 7. The van der Waals surface area contributed by atoms with Crippen molar-refractivity contribution >= 4 is 17.8 Å². The molecule has 0 spiro atoms. The Morgan fingerprint density at radius 2 is 1.61 bits per heavy atom. The molecule has 0 fully saturated rings. The van der Waals surface area contributed by atoms with Crippen molar-refractivity contribution in [2.75, 3.05) is 27.9 Å². The zero-order chi connectivity index (χ0) is 27.7. The number of benzene rings is 2. The molecular weight excluding hydrogens is 488 g/mol. The van der Waals surface area contributed by atoms with Crippen LogP contribution in [0.1, 0.15) is 29.9 Å². The fourth-order valence-corrected chi connectivity index (χ4v) is 3.96. The lowest BCUT2D eigenvalue weighted by atomic mass is 10.0. The van der Waals surface area contributed by atoms with Crippen LogP contribution in [0.4, 0.5) is 0 Å². The second-order valence-corrected chi connectivity index (χ2v) is 9.04. The van der Waals surface area contributed by atoms with E-state index in [1.54, 1.807) is 25.0 Å². The Balaban J connectivity index is 1.95. The maximum atomic E-state index is 13.4. The zero-order valence-corrected chi connectivity index (χ0v) is 22.3. The lowest BCUT2D eigenvalue weighted by Gasteiger charge is -2.18. The quantitative estimate of drug-likeness (QED) is 0.351. The van der Waals surface area contributed by atoms with E-state index in [1.807, 2.05) is 62.4 Å². The van der Waals surface area contributed by atoms with E-state index in [0.29, 0.717) is 29.3 Å². The van der Waals surface area contributed by atoms with Gasteiger partial charge in [0.2, 0.25) is 5.91 Å². The van der Waals surface area contributed by atoms with E-state index in [4.69, 9.17) is 9.47 Å². The summed E-state index contributed by atoms with van der Waals surface area (Å²) in [5.41, 5.74) is 2.29. The molecule has 38 heavy (non-hydrogen) atoms. The zero-order valence-electron chi connectivity index (χ0n) is 22.3. The molecule has 0 aliphatic carbocycles. The number of methoxy groups -OCH3 is 3. The highest BCUT2D eigenvalue weighted by molar-refractivity contribution is 5.97. The van der Waals surface area contributed by atoms with Crippen molar-refractivity contribution in [1.82, 2.24) is 20.4 Å². The summed E-state index contributed by atoms with van der Waals surface area (Å²) in [7, 11) is 4.37. The molecule has 2 aromatic carbocycles. The summed E-state index contributed by atoms with van der Waals surface area (Å²) in [6.07, 6.45) is 0.222. The van der Waals surface area contributed by atoms with Gasteiger partial charge in [0.1, 0.15) is 24.1 Å². The van der Waals surface area contributed by atoms with Gasteiger partial charge < -0.3 is 24.8 Å². The summed E-state index contributed by atoms with van der Waals surface area (Å²) >= 11 is 0. The molecule has 202 valence electrons. The van der Waals surface area contributed by atoms with Gasteiger partial charge in [-0.2, -0.15) is 5.10 Å².